The van der Waals surface area contributed by atoms with E-state index in [0.29, 0.717) is 12.3 Å². The molecule has 2 amide bonds. The molecule has 0 saturated carbocycles. The summed E-state index contributed by atoms with van der Waals surface area (Å²) in [6.07, 6.45) is 4.49. The fourth-order valence-electron chi connectivity index (χ4n) is 5.45. The number of amides is 2. The topological polar surface area (TPSA) is 81.2 Å². The van der Waals surface area contributed by atoms with Crippen LogP contribution < -0.4 is 4.90 Å². The first kappa shape index (κ1) is 24.0. The SMILES string of the molecule is O=C1CCCN1c1ccc(CN2CCC3(CCN(CCc4ccccc4)C3=O)C2)cc1.O=CO. The summed E-state index contributed by atoms with van der Waals surface area (Å²) in [6.45, 7) is 4.99. The van der Waals surface area contributed by atoms with E-state index in [1.54, 1.807) is 0 Å². The normalized spacial score (nSPS) is 22.4. The van der Waals surface area contributed by atoms with Gasteiger partial charge in [-0.2, -0.15) is 0 Å². The van der Waals surface area contributed by atoms with Gasteiger partial charge in [-0.3, -0.25) is 19.3 Å². The van der Waals surface area contributed by atoms with Gasteiger partial charge in [0.15, 0.2) is 0 Å². The molecule has 5 rings (SSSR count). The lowest BCUT2D eigenvalue weighted by atomic mass is 9.85. The Bertz CT molecular complexity index is 995. The molecular formula is C27H33N3O4. The van der Waals surface area contributed by atoms with Crippen LogP contribution in [0.4, 0.5) is 5.69 Å². The number of rotatable bonds is 6. The second kappa shape index (κ2) is 10.8. The smallest absolute Gasteiger partial charge is 0.290 e. The Morgan fingerprint density at radius 1 is 0.912 bits per heavy atom. The summed E-state index contributed by atoms with van der Waals surface area (Å²) in [5, 5.41) is 6.89. The van der Waals surface area contributed by atoms with Crippen molar-refractivity contribution in [1.82, 2.24) is 9.80 Å². The minimum atomic E-state index is -0.250. The van der Waals surface area contributed by atoms with Crippen LogP contribution in [0.15, 0.2) is 54.6 Å². The average Bonchev–Trinajstić information content (AvgIpc) is 3.55. The van der Waals surface area contributed by atoms with Gasteiger partial charge in [0.25, 0.3) is 6.47 Å². The Labute approximate surface area is 201 Å². The van der Waals surface area contributed by atoms with Crippen LogP contribution >= 0.6 is 0 Å². The number of hydrogen-bond donors (Lipinski definition) is 1. The monoisotopic (exact) mass is 463 g/mol. The van der Waals surface area contributed by atoms with Crippen molar-refractivity contribution in [3.8, 4) is 0 Å². The summed E-state index contributed by atoms with van der Waals surface area (Å²) in [4.78, 5) is 39.9. The van der Waals surface area contributed by atoms with E-state index < -0.39 is 0 Å². The van der Waals surface area contributed by atoms with Crippen molar-refractivity contribution in [1.29, 1.82) is 0 Å². The third kappa shape index (κ3) is 5.30. The average molecular weight is 464 g/mol. The highest BCUT2D eigenvalue weighted by molar-refractivity contribution is 5.95. The molecule has 3 heterocycles. The number of likely N-dealkylation sites (tertiary alicyclic amines) is 2. The maximum atomic E-state index is 13.2. The van der Waals surface area contributed by atoms with Crippen molar-refractivity contribution in [2.45, 2.75) is 38.6 Å². The quantitative estimate of drug-likeness (QED) is 0.666. The molecule has 7 heteroatoms. The van der Waals surface area contributed by atoms with Crippen LogP contribution in [0.2, 0.25) is 0 Å². The zero-order valence-corrected chi connectivity index (χ0v) is 19.6. The Kier molecular flexibility index (Phi) is 7.63. The standard InChI is InChI=1S/C26H31N3O2.CH2O2/c30-24-7-4-15-29(24)23-10-8-22(9-11-23)19-27-17-13-26(20-27)14-18-28(25(26)31)16-12-21-5-2-1-3-6-21;2-1-3/h1-3,5-6,8-11H,4,7,12-20H2;1H,(H,2,3). The van der Waals surface area contributed by atoms with Gasteiger partial charge in [-0.05, 0) is 55.5 Å². The molecule has 34 heavy (non-hydrogen) atoms. The summed E-state index contributed by atoms with van der Waals surface area (Å²) in [6, 6.07) is 18.8. The number of carboxylic acid groups (broad SMARTS) is 1. The second-order valence-electron chi connectivity index (χ2n) is 9.44. The molecule has 1 unspecified atom stereocenters. The van der Waals surface area contributed by atoms with E-state index in [1.807, 2.05) is 11.0 Å². The Balaban J connectivity index is 0.000000868. The van der Waals surface area contributed by atoms with Crippen LogP contribution in [-0.4, -0.2) is 65.9 Å². The largest absolute Gasteiger partial charge is 0.483 e. The van der Waals surface area contributed by atoms with Gasteiger partial charge in [-0.1, -0.05) is 42.5 Å². The highest BCUT2D eigenvalue weighted by atomic mass is 16.3. The fraction of sp³-hybridized carbons (Fsp3) is 0.444. The van der Waals surface area contributed by atoms with Crippen LogP contribution in [-0.2, 0) is 27.3 Å². The molecule has 0 aromatic heterocycles. The second-order valence-corrected chi connectivity index (χ2v) is 9.44. The third-order valence-electron chi connectivity index (χ3n) is 7.27. The molecule has 7 nitrogen and oxygen atoms in total. The lowest BCUT2D eigenvalue weighted by molar-refractivity contribution is -0.135. The van der Waals surface area contributed by atoms with E-state index >= 15 is 0 Å². The van der Waals surface area contributed by atoms with Crippen molar-refractivity contribution >= 4 is 24.0 Å². The fourth-order valence-corrected chi connectivity index (χ4v) is 5.45. The number of carbonyl (C=O) groups excluding carboxylic acids is 2. The first-order valence-corrected chi connectivity index (χ1v) is 12.1. The van der Waals surface area contributed by atoms with Gasteiger partial charge in [0.1, 0.15) is 0 Å². The van der Waals surface area contributed by atoms with E-state index in [4.69, 9.17) is 9.90 Å². The van der Waals surface area contributed by atoms with Gasteiger partial charge in [0, 0.05) is 44.8 Å². The molecule has 180 valence electrons. The van der Waals surface area contributed by atoms with Crippen molar-refractivity contribution in [3.05, 3.63) is 65.7 Å². The lowest BCUT2D eigenvalue weighted by Crippen LogP contribution is -2.37. The van der Waals surface area contributed by atoms with E-state index in [2.05, 4.69) is 58.3 Å². The van der Waals surface area contributed by atoms with Gasteiger partial charge >= 0.3 is 0 Å². The minimum Gasteiger partial charge on any atom is -0.483 e. The van der Waals surface area contributed by atoms with Crippen LogP contribution in [0.5, 0.6) is 0 Å². The maximum absolute atomic E-state index is 13.2. The highest BCUT2D eigenvalue weighted by Crippen LogP contribution is 2.41. The molecule has 1 N–H and O–H groups in total. The predicted octanol–water partition coefficient (Wildman–Crippen LogP) is 3.18. The zero-order chi connectivity index (χ0) is 24.0. The first-order valence-electron chi connectivity index (χ1n) is 12.1. The summed E-state index contributed by atoms with van der Waals surface area (Å²) in [5.74, 6) is 0.583. The summed E-state index contributed by atoms with van der Waals surface area (Å²) in [5.41, 5.74) is 3.37. The van der Waals surface area contributed by atoms with Gasteiger partial charge < -0.3 is 14.9 Å². The molecule has 0 aliphatic carbocycles. The molecule has 0 bridgehead atoms. The van der Waals surface area contributed by atoms with Crippen LogP contribution in [0, 0.1) is 5.41 Å². The number of nitrogens with zero attached hydrogens (tertiary/aromatic N) is 3. The third-order valence-corrected chi connectivity index (χ3v) is 7.27. The van der Waals surface area contributed by atoms with E-state index in [-0.39, 0.29) is 17.8 Å². The number of anilines is 1. The minimum absolute atomic E-state index is 0.182. The summed E-state index contributed by atoms with van der Waals surface area (Å²) in [7, 11) is 0. The first-order chi connectivity index (χ1) is 16.5. The molecule has 1 atom stereocenters. The predicted molar refractivity (Wildman–Crippen MR) is 130 cm³/mol. The molecule has 2 aromatic rings. The Morgan fingerprint density at radius 2 is 1.62 bits per heavy atom. The van der Waals surface area contributed by atoms with Gasteiger partial charge in [0.05, 0.1) is 5.41 Å². The zero-order valence-electron chi connectivity index (χ0n) is 19.6. The summed E-state index contributed by atoms with van der Waals surface area (Å²) >= 11 is 0. The summed E-state index contributed by atoms with van der Waals surface area (Å²) < 4.78 is 0. The molecular weight excluding hydrogens is 430 g/mol. The number of benzene rings is 2. The molecule has 2 aromatic carbocycles. The van der Waals surface area contributed by atoms with Crippen LogP contribution in [0.25, 0.3) is 0 Å². The molecule has 3 saturated heterocycles. The van der Waals surface area contributed by atoms with Crippen molar-refractivity contribution in [3.63, 3.8) is 0 Å². The van der Waals surface area contributed by atoms with Crippen molar-refractivity contribution in [2.75, 3.05) is 37.6 Å². The molecule has 3 fully saturated rings. The number of hydrogen-bond acceptors (Lipinski definition) is 4. The van der Waals surface area contributed by atoms with Gasteiger partial charge in [-0.25, -0.2) is 0 Å². The molecule has 3 aliphatic rings. The van der Waals surface area contributed by atoms with E-state index in [9.17, 15) is 9.59 Å². The number of carbonyl (C=O) groups is 3. The van der Waals surface area contributed by atoms with Crippen molar-refractivity contribution in [2.24, 2.45) is 5.41 Å². The highest BCUT2D eigenvalue weighted by Gasteiger charge is 2.50. The molecule has 0 radical (unpaired) electrons. The van der Waals surface area contributed by atoms with Crippen molar-refractivity contribution < 1.29 is 19.5 Å². The van der Waals surface area contributed by atoms with E-state index in [0.717, 1.165) is 70.6 Å². The van der Waals surface area contributed by atoms with Crippen LogP contribution in [0.3, 0.4) is 0 Å². The Morgan fingerprint density at radius 3 is 2.29 bits per heavy atom. The maximum Gasteiger partial charge on any atom is 0.290 e. The lowest BCUT2D eigenvalue weighted by Gasteiger charge is -2.24. The van der Waals surface area contributed by atoms with Gasteiger partial charge in [0.2, 0.25) is 11.8 Å². The molecule has 3 aliphatic heterocycles. The van der Waals surface area contributed by atoms with Crippen LogP contribution in [0.1, 0.15) is 36.8 Å². The van der Waals surface area contributed by atoms with E-state index in [1.165, 1.54) is 11.1 Å². The van der Waals surface area contributed by atoms with Gasteiger partial charge in [-0.15, -0.1) is 0 Å². The Hall–Kier alpha value is -3.19. The molecule has 1 spiro atoms.